The van der Waals surface area contributed by atoms with E-state index in [4.69, 9.17) is 4.74 Å². The summed E-state index contributed by atoms with van der Waals surface area (Å²) >= 11 is 6.67. The minimum absolute atomic E-state index is 0.0519. The number of hydrogen-bond acceptors (Lipinski definition) is 3. The number of nitro benzene ring substituents is 1. The Balaban J connectivity index is 2.32. The summed E-state index contributed by atoms with van der Waals surface area (Å²) in [6.07, 6.45) is 0. The van der Waals surface area contributed by atoms with Crippen LogP contribution >= 0.6 is 31.9 Å². The van der Waals surface area contributed by atoms with Crippen molar-refractivity contribution >= 4 is 37.5 Å². The number of nitrogens with zero attached hydrogens (tertiary/aromatic N) is 1. The first-order valence-corrected chi connectivity index (χ1v) is 7.28. The van der Waals surface area contributed by atoms with Gasteiger partial charge in [-0.25, -0.2) is 0 Å². The first-order valence-electron chi connectivity index (χ1n) is 5.37. The van der Waals surface area contributed by atoms with E-state index >= 15 is 0 Å². The molecule has 0 saturated heterocycles. The Morgan fingerprint density at radius 3 is 2.63 bits per heavy atom. The van der Waals surface area contributed by atoms with Crippen molar-refractivity contribution in [2.75, 3.05) is 0 Å². The first-order chi connectivity index (χ1) is 9.10. The molecule has 0 atom stereocenters. The molecule has 19 heavy (non-hydrogen) atoms. The molecule has 0 aliphatic heterocycles. The van der Waals surface area contributed by atoms with Gasteiger partial charge in [0.05, 0.1) is 4.92 Å². The van der Waals surface area contributed by atoms with Gasteiger partial charge >= 0.3 is 0 Å². The van der Waals surface area contributed by atoms with Crippen LogP contribution in [0, 0.1) is 10.1 Å². The van der Waals surface area contributed by atoms with Crippen molar-refractivity contribution in [2.24, 2.45) is 0 Å². The van der Waals surface area contributed by atoms with Crippen LogP contribution in [0.2, 0.25) is 0 Å². The SMILES string of the molecule is O=[N+]([O-])c1ccc(Oc2cccc(Br)c2)c(CBr)c1. The molecule has 2 aromatic carbocycles. The Morgan fingerprint density at radius 1 is 1.21 bits per heavy atom. The van der Waals surface area contributed by atoms with E-state index in [1.807, 2.05) is 24.3 Å². The predicted octanol–water partition coefficient (Wildman–Crippen LogP) is 5.04. The van der Waals surface area contributed by atoms with Gasteiger partial charge in [-0.1, -0.05) is 37.9 Å². The van der Waals surface area contributed by atoms with E-state index in [1.165, 1.54) is 12.1 Å². The third kappa shape index (κ3) is 3.54. The fourth-order valence-electron chi connectivity index (χ4n) is 1.54. The highest BCUT2D eigenvalue weighted by Gasteiger charge is 2.11. The van der Waals surface area contributed by atoms with Gasteiger partial charge in [0, 0.05) is 27.5 Å². The molecule has 0 aliphatic carbocycles. The van der Waals surface area contributed by atoms with Crippen LogP contribution in [0.1, 0.15) is 5.56 Å². The van der Waals surface area contributed by atoms with Crippen molar-refractivity contribution in [3.63, 3.8) is 0 Å². The molecule has 0 heterocycles. The number of halogens is 2. The van der Waals surface area contributed by atoms with Crippen LogP contribution in [0.3, 0.4) is 0 Å². The molecule has 2 rings (SSSR count). The smallest absolute Gasteiger partial charge is 0.270 e. The lowest BCUT2D eigenvalue weighted by Crippen LogP contribution is -1.93. The van der Waals surface area contributed by atoms with Crippen molar-refractivity contribution in [1.82, 2.24) is 0 Å². The molecule has 0 N–H and O–H groups in total. The summed E-state index contributed by atoms with van der Waals surface area (Å²) in [5.74, 6) is 1.27. The number of alkyl halides is 1. The first kappa shape index (κ1) is 14.0. The van der Waals surface area contributed by atoms with Gasteiger partial charge < -0.3 is 4.74 Å². The second-order valence-corrected chi connectivity index (χ2v) is 5.22. The topological polar surface area (TPSA) is 52.4 Å². The Kier molecular flexibility index (Phi) is 4.55. The van der Waals surface area contributed by atoms with Gasteiger partial charge in [0.2, 0.25) is 0 Å². The zero-order valence-corrected chi connectivity index (χ0v) is 12.8. The Bertz CT molecular complexity index is 617. The van der Waals surface area contributed by atoms with Crippen molar-refractivity contribution in [3.05, 3.63) is 62.6 Å². The van der Waals surface area contributed by atoms with Crippen molar-refractivity contribution in [3.8, 4) is 11.5 Å². The van der Waals surface area contributed by atoms with E-state index in [0.717, 1.165) is 10.0 Å². The van der Waals surface area contributed by atoms with Gasteiger partial charge in [-0.3, -0.25) is 10.1 Å². The number of ether oxygens (including phenoxy) is 1. The van der Waals surface area contributed by atoms with Crippen LogP contribution in [-0.2, 0) is 5.33 Å². The molecule has 0 fully saturated rings. The zero-order chi connectivity index (χ0) is 13.8. The lowest BCUT2D eigenvalue weighted by molar-refractivity contribution is -0.384. The van der Waals surface area contributed by atoms with Crippen LogP contribution < -0.4 is 4.74 Å². The van der Waals surface area contributed by atoms with Crippen LogP contribution in [-0.4, -0.2) is 4.92 Å². The zero-order valence-electron chi connectivity index (χ0n) is 9.68. The molecule has 0 bridgehead atoms. The second kappa shape index (κ2) is 6.16. The maximum Gasteiger partial charge on any atom is 0.270 e. The summed E-state index contributed by atoms with van der Waals surface area (Å²) < 4.78 is 6.64. The third-order valence-electron chi connectivity index (χ3n) is 2.42. The van der Waals surface area contributed by atoms with Gasteiger partial charge in [-0.05, 0) is 24.3 Å². The van der Waals surface area contributed by atoms with Crippen molar-refractivity contribution in [1.29, 1.82) is 0 Å². The van der Waals surface area contributed by atoms with E-state index in [-0.39, 0.29) is 5.69 Å². The average molecular weight is 387 g/mol. The quantitative estimate of drug-likeness (QED) is 0.420. The highest BCUT2D eigenvalue weighted by molar-refractivity contribution is 9.10. The fraction of sp³-hybridized carbons (Fsp3) is 0.0769. The van der Waals surface area contributed by atoms with Crippen molar-refractivity contribution < 1.29 is 9.66 Å². The molecule has 0 aromatic heterocycles. The summed E-state index contributed by atoms with van der Waals surface area (Å²) in [6.45, 7) is 0. The van der Waals surface area contributed by atoms with Gasteiger partial charge in [-0.2, -0.15) is 0 Å². The van der Waals surface area contributed by atoms with E-state index in [1.54, 1.807) is 6.07 Å². The summed E-state index contributed by atoms with van der Waals surface area (Å²) in [4.78, 5) is 10.3. The van der Waals surface area contributed by atoms with Gasteiger partial charge in [0.1, 0.15) is 11.5 Å². The highest BCUT2D eigenvalue weighted by atomic mass is 79.9. The minimum Gasteiger partial charge on any atom is -0.457 e. The molecule has 0 spiro atoms. The number of nitro groups is 1. The van der Waals surface area contributed by atoms with Crippen LogP contribution in [0.15, 0.2) is 46.9 Å². The summed E-state index contributed by atoms with van der Waals surface area (Å²) in [5, 5.41) is 11.2. The molecule has 6 heteroatoms. The van der Waals surface area contributed by atoms with Crippen LogP contribution in [0.25, 0.3) is 0 Å². The van der Waals surface area contributed by atoms with E-state index in [2.05, 4.69) is 31.9 Å². The normalized spacial score (nSPS) is 10.2. The average Bonchev–Trinajstić information content (AvgIpc) is 2.39. The third-order valence-corrected chi connectivity index (χ3v) is 3.52. The number of non-ortho nitro benzene ring substituents is 1. The molecule has 2 aromatic rings. The lowest BCUT2D eigenvalue weighted by Gasteiger charge is -2.09. The van der Waals surface area contributed by atoms with Gasteiger partial charge in [-0.15, -0.1) is 0 Å². The highest BCUT2D eigenvalue weighted by Crippen LogP contribution is 2.31. The minimum atomic E-state index is -0.422. The molecule has 0 radical (unpaired) electrons. The molecular weight excluding hydrogens is 378 g/mol. The monoisotopic (exact) mass is 385 g/mol. The lowest BCUT2D eigenvalue weighted by atomic mass is 10.2. The Morgan fingerprint density at radius 2 is 2.00 bits per heavy atom. The van der Waals surface area contributed by atoms with Gasteiger partial charge in [0.25, 0.3) is 5.69 Å². The molecule has 98 valence electrons. The fourth-order valence-corrected chi connectivity index (χ4v) is 2.36. The largest absolute Gasteiger partial charge is 0.457 e. The van der Waals surface area contributed by atoms with Gasteiger partial charge in [0.15, 0.2) is 0 Å². The number of benzene rings is 2. The second-order valence-electron chi connectivity index (χ2n) is 3.74. The van der Waals surface area contributed by atoms with Crippen molar-refractivity contribution in [2.45, 2.75) is 5.33 Å². The Hall–Kier alpha value is -1.40. The maximum absolute atomic E-state index is 10.7. The van der Waals surface area contributed by atoms with E-state index in [9.17, 15) is 10.1 Å². The molecule has 0 amide bonds. The molecule has 0 saturated carbocycles. The van der Waals surface area contributed by atoms with E-state index < -0.39 is 4.92 Å². The standard InChI is InChI=1S/C13H9Br2NO3/c14-8-9-6-11(16(17)18)4-5-13(9)19-12-3-1-2-10(15)7-12/h1-7H,8H2. The molecule has 4 nitrogen and oxygen atoms in total. The molecule has 0 unspecified atom stereocenters. The molecular formula is C13H9Br2NO3. The Labute approximate surface area is 126 Å². The molecule has 0 aliphatic rings. The predicted molar refractivity (Wildman–Crippen MR) is 79.9 cm³/mol. The van der Waals surface area contributed by atoms with E-state index in [0.29, 0.717) is 16.8 Å². The van der Waals surface area contributed by atoms with Crippen LogP contribution in [0.5, 0.6) is 11.5 Å². The summed E-state index contributed by atoms with van der Waals surface area (Å²) in [7, 11) is 0. The number of rotatable bonds is 4. The summed E-state index contributed by atoms with van der Waals surface area (Å²) in [6, 6.07) is 12.0. The maximum atomic E-state index is 10.7. The summed E-state index contributed by atoms with van der Waals surface area (Å²) in [5.41, 5.74) is 0.783. The number of hydrogen-bond donors (Lipinski definition) is 0. The van der Waals surface area contributed by atoms with Crippen LogP contribution in [0.4, 0.5) is 5.69 Å².